The Bertz CT molecular complexity index is 496. The Morgan fingerprint density at radius 2 is 2.18 bits per heavy atom. The lowest BCUT2D eigenvalue weighted by Gasteiger charge is -2.18. The molecule has 90 valence electrons. The van der Waals surface area contributed by atoms with Crippen LogP contribution < -0.4 is 5.32 Å². The van der Waals surface area contributed by atoms with Gasteiger partial charge in [-0.1, -0.05) is 25.1 Å². The number of hydrogen-bond donors (Lipinski definition) is 1. The number of nitrogens with zero attached hydrogens (tertiary/aromatic N) is 1. The topological polar surface area (TPSA) is 24.9 Å². The van der Waals surface area contributed by atoms with Crippen LogP contribution in [0.5, 0.6) is 0 Å². The van der Waals surface area contributed by atoms with Crippen LogP contribution in [0.1, 0.15) is 29.1 Å². The van der Waals surface area contributed by atoms with Gasteiger partial charge in [0.2, 0.25) is 0 Å². The maximum atomic E-state index is 13.8. The zero-order chi connectivity index (χ0) is 12.3. The second-order valence-electron chi connectivity index (χ2n) is 3.81. The first-order chi connectivity index (χ1) is 8.24. The number of halogens is 1. The molecule has 1 atom stereocenters. The van der Waals surface area contributed by atoms with Crippen molar-refractivity contribution in [3.05, 3.63) is 51.7 Å². The maximum absolute atomic E-state index is 13.8. The molecule has 0 radical (unpaired) electrons. The summed E-state index contributed by atoms with van der Waals surface area (Å²) < 4.78 is 13.8. The fraction of sp³-hybridized carbons (Fsp3) is 0.308. The normalized spacial score (nSPS) is 12.6. The van der Waals surface area contributed by atoms with Crippen molar-refractivity contribution in [2.75, 3.05) is 6.54 Å². The van der Waals surface area contributed by atoms with Crippen LogP contribution in [0.2, 0.25) is 0 Å². The number of nitrogens with one attached hydrogen (secondary N) is 1. The predicted octanol–water partition coefficient (Wildman–Crippen LogP) is 3.29. The predicted molar refractivity (Wildman–Crippen MR) is 68.8 cm³/mol. The monoisotopic (exact) mass is 250 g/mol. The SMILES string of the molecule is CCNC(c1ccccc1F)c1scnc1C. The van der Waals surface area contributed by atoms with Gasteiger partial charge in [-0.25, -0.2) is 9.37 Å². The molecule has 1 unspecified atom stereocenters. The standard InChI is InChI=1S/C13H15FN2S/c1-3-15-12(13-9(2)16-8-17-13)10-6-4-5-7-11(10)14/h4-8,12,15H,3H2,1-2H3. The van der Waals surface area contributed by atoms with Crippen LogP contribution in [0.4, 0.5) is 4.39 Å². The molecule has 2 aromatic rings. The van der Waals surface area contributed by atoms with Crippen molar-refractivity contribution in [2.24, 2.45) is 0 Å². The third-order valence-electron chi connectivity index (χ3n) is 2.67. The Morgan fingerprint density at radius 1 is 1.41 bits per heavy atom. The van der Waals surface area contributed by atoms with Crippen molar-refractivity contribution in [2.45, 2.75) is 19.9 Å². The van der Waals surface area contributed by atoms with E-state index in [9.17, 15) is 4.39 Å². The number of aromatic nitrogens is 1. The van der Waals surface area contributed by atoms with Crippen LogP contribution >= 0.6 is 11.3 Å². The van der Waals surface area contributed by atoms with Crippen LogP contribution in [0, 0.1) is 12.7 Å². The first-order valence-corrected chi connectivity index (χ1v) is 6.49. The van der Waals surface area contributed by atoms with Crippen LogP contribution in [0.15, 0.2) is 29.8 Å². The van der Waals surface area contributed by atoms with Crippen LogP contribution in [0.3, 0.4) is 0 Å². The van der Waals surface area contributed by atoms with Gasteiger partial charge in [-0.05, 0) is 19.5 Å². The van der Waals surface area contributed by atoms with E-state index in [2.05, 4.69) is 10.3 Å². The summed E-state index contributed by atoms with van der Waals surface area (Å²) >= 11 is 1.56. The molecule has 1 aromatic carbocycles. The molecule has 1 N–H and O–H groups in total. The number of aryl methyl sites for hydroxylation is 1. The third-order valence-corrected chi connectivity index (χ3v) is 3.67. The van der Waals surface area contributed by atoms with Crippen molar-refractivity contribution in [1.82, 2.24) is 10.3 Å². The highest BCUT2D eigenvalue weighted by Gasteiger charge is 2.19. The Labute approximate surface area is 105 Å². The van der Waals surface area contributed by atoms with Crippen molar-refractivity contribution < 1.29 is 4.39 Å². The van der Waals surface area contributed by atoms with Crippen molar-refractivity contribution >= 4 is 11.3 Å². The molecule has 1 aromatic heterocycles. The van der Waals surface area contributed by atoms with Gasteiger partial charge in [0.15, 0.2) is 0 Å². The van der Waals surface area contributed by atoms with Crippen LogP contribution in [0.25, 0.3) is 0 Å². The molecule has 0 fully saturated rings. The molecular formula is C13H15FN2S. The van der Waals surface area contributed by atoms with Crippen LogP contribution in [-0.2, 0) is 0 Å². The lowest BCUT2D eigenvalue weighted by atomic mass is 10.0. The summed E-state index contributed by atoms with van der Waals surface area (Å²) in [7, 11) is 0. The van der Waals surface area contributed by atoms with Gasteiger partial charge in [-0.3, -0.25) is 0 Å². The minimum Gasteiger partial charge on any atom is -0.306 e. The van der Waals surface area contributed by atoms with Gasteiger partial charge < -0.3 is 5.32 Å². The molecule has 0 saturated carbocycles. The molecule has 2 nitrogen and oxygen atoms in total. The second-order valence-corrected chi connectivity index (χ2v) is 4.70. The van der Waals surface area contributed by atoms with E-state index in [-0.39, 0.29) is 11.9 Å². The van der Waals surface area contributed by atoms with E-state index in [1.165, 1.54) is 6.07 Å². The largest absolute Gasteiger partial charge is 0.306 e. The Balaban J connectivity index is 2.43. The van der Waals surface area contributed by atoms with Gasteiger partial charge in [0.1, 0.15) is 5.82 Å². The smallest absolute Gasteiger partial charge is 0.128 e. The molecule has 0 saturated heterocycles. The van der Waals surface area contributed by atoms with E-state index < -0.39 is 0 Å². The number of rotatable bonds is 4. The van der Waals surface area contributed by atoms with Gasteiger partial charge >= 0.3 is 0 Å². The fourth-order valence-corrected chi connectivity index (χ4v) is 2.74. The maximum Gasteiger partial charge on any atom is 0.128 e. The van der Waals surface area contributed by atoms with E-state index in [1.807, 2.05) is 26.0 Å². The summed E-state index contributed by atoms with van der Waals surface area (Å²) in [5, 5.41) is 3.31. The van der Waals surface area contributed by atoms with E-state index in [0.717, 1.165) is 17.1 Å². The molecule has 0 aliphatic heterocycles. The van der Waals surface area contributed by atoms with Gasteiger partial charge in [0, 0.05) is 10.4 Å². The summed E-state index contributed by atoms with van der Waals surface area (Å²) in [6.07, 6.45) is 0. The first kappa shape index (κ1) is 12.2. The van der Waals surface area contributed by atoms with Crippen LogP contribution in [-0.4, -0.2) is 11.5 Å². The highest BCUT2D eigenvalue weighted by atomic mass is 32.1. The molecule has 0 bridgehead atoms. The zero-order valence-corrected chi connectivity index (χ0v) is 10.7. The second kappa shape index (κ2) is 5.38. The van der Waals surface area contributed by atoms with E-state index in [1.54, 1.807) is 22.9 Å². The summed E-state index contributed by atoms with van der Waals surface area (Å²) in [6.45, 7) is 4.76. The van der Waals surface area contributed by atoms with E-state index in [4.69, 9.17) is 0 Å². The van der Waals surface area contributed by atoms with E-state index >= 15 is 0 Å². The first-order valence-electron chi connectivity index (χ1n) is 5.61. The number of benzene rings is 1. The van der Waals surface area contributed by atoms with E-state index in [0.29, 0.717) is 5.56 Å². The fourth-order valence-electron chi connectivity index (χ4n) is 1.85. The summed E-state index contributed by atoms with van der Waals surface area (Å²) in [4.78, 5) is 5.31. The van der Waals surface area contributed by atoms with Crippen molar-refractivity contribution in [3.8, 4) is 0 Å². The molecule has 17 heavy (non-hydrogen) atoms. The third kappa shape index (κ3) is 2.53. The molecule has 0 aliphatic rings. The quantitative estimate of drug-likeness (QED) is 0.900. The summed E-state index contributed by atoms with van der Waals surface area (Å²) in [5.74, 6) is -0.175. The lowest BCUT2D eigenvalue weighted by molar-refractivity contribution is 0.561. The number of hydrogen-bond acceptors (Lipinski definition) is 3. The molecule has 0 amide bonds. The molecular weight excluding hydrogens is 235 g/mol. The summed E-state index contributed by atoms with van der Waals surface area (Å²) in [6, 6.07) is 6.78. The molecule has 1 heterocycles. The molecule has 2 rings (SSSR count). The number of thiazole rings is 1. The average molecular weight is 250 g/mol. The van der Waals surface area contributed by atoms with Crippen molar-refractivity contribution in [1.29, 1.82) is 0 Å². The van der Waals surface area contributed by atoms with Gasteiger partial charge in [-0.15, -0.1) is 11.3 Å². The average Bonchev–Trinajstić information content (AvgIpc) is 2.74. The minimum atomic E-state index is -0.175. The highest BCUT2D eigenvalue weighted by Crippen LogP contribution is 2.29. The molecule has 4 heteroatoms. The Morgan fingerprint density at radius 3 is 2.76 bits per heavy atom. The highest BCUT2D eigenvalue weighted by molar-refractivity contribution is 7.09. The Hall–Kier alpha value is -1.26. The minimum absolute atomic E-state index is 0.103. The molecule has 0 spiro atoms. The lowest BCUT2D eigenvalue weighted by Crippen LogP contribution is -2.22. The summed E-state index contributed by atoms with van der Waals surface area (Å²) in [5.41, 5.74) is 3.45. The van der Waals surface area contributed by atoms with Gasteiger partial charge in [-0.2, -0.15) is 0 Å². The van der Waals surface area contributed by atoms with Crippen molar-refractivity contribution in [3.63, 3.8) is 0 Å². The Kier molecular flexibility index (Phi) is 3.86. The van der Waals surface area contributed by atoms with Gasteiger partial charge in [0.05, 0.1) is 17.2 Å². The van der Waals surface area contributed by atoms with Gasteiger partial charge in [0.25, 0.3) is 0 Å². The molecule has 0 aliphatic carbocycles. The zero-order valence-electron chi connectivity index (χ0n) is 9.90.